The van der Waals surface area contributed by atoms with E-state index in [0.717, 1.165) is 18.9 Å². The molecule has 0 radical (unpaired) electrons. The van der Waals surface area contributed by atoms with Crippen LogP contribution in [0.25, 0.3) is 0 Å². The normalized spacial score (nSPS) is 25.9. The second kappa shape index (κ2) is 4.77. The van der Waals surface area contributed by atoms with Gasteiger partial charge in [0.1, 0.15) is 0 Å². The van der Waals surface area contributed by atoms with Gasteiger partial charge >= 0.3 is 6.18 Å². The third-order valence-electron chi connectivity index (χ3n) is 4.01. The number of aldehydes is 1. The Bertz CT molecular complexity index is 514. The van der Waals surface area contributed by atoms with Crippen LogP contribution in [0, 0.1) is 0 Å². The Balaban J connectivity index is 2.01. The van der Waals surface area contributed by atoms with Gasteiger partial charge in [-0.3, -0.25) is 4.79 Å². The lowest BCUT2D eigenvalue weighted by molar-refractivity contribution is -0.137. The highest BCUT2D eigenvalue weighted by Crippen LogP contribution is 2.38. The van der Waals surface area contributed by atoms with Gasteiger partial charge in [0.25, 0.3) is 0 Å². The molecule has 108 valence electrons. The standard InChI is InChI=1S/C14H14F3NO2/c15-14(16,17)13-5-10(2-1-9(13)6-19)18-11-3-4-12(18)8-20-7-11/h1-2,5-6,11-12H,3-4,7-8H2. The van der Waals surface area contributed by atoms with E-state index in [9.17, 15) is 18.0 Å². The van der Waals surface area contributed by atoms with Gasteiger partial charge in [0.2, 0.25) is 0 Å². The van der Waals surface area contributed by atoms with Crippen molar-refractivity contribution in [2.75, 3.05) is 18.1 Å². The number of fused-ring (bicyclic) bond motifs is 2. The van der Waals surface area contributed by atoms with E-state index in [1.807, 2.05) is 4.90 Å². The first-order chi connectivity index (χ1) is 9.50. The van der Waals surface area contributed by atoms with E-state index in [2.05, 4.69) is 0 Å². The Morgan fingerprint density at radius 2 is 1.85 bits per heavy atom. The molecule has 6 heteroatoms. The first-order valence-electron chi connectivity index (χ1n) is 6.53. The minimum atomic E-state index is -4.52. The molecule has 20 heavy (non-hydrogen) atoms. The first-order valence-corrected chi connectivity index (χ1v) is 6.53. The lowest BCUT2D eigenvalue weighted by atomic mass is 10.1. The van der Waals surface area contributed by atoms with Crippen LogP contribution in [0.2, 0.25) is 0 Å². The van der Waals surface area contributed by atoms with Crippen molar-refractivity contribution in [3.63, 3.8) is 0 Å². The molecule has 0 aromatic heterocycles. The Hall–Kier alpha value is -1.56. The Morgan fingerprint density at radius 1 is 1.20 bits per heavy atom. The summed E-state index contributed by atoms with van der Waals surface area (Å²) < 4.78 is 44.4. The van der Waals surface area contributed by atoms with E-state index in [0.29, 0.717) is 18.9 Å². The number of rotatable bonds is 2. The van der Waals surface area contributed by atoms with Gasteiger partial charge in [-0.15, -0.1) is 0 Å². The number of hydrogen-bond acceptors (Lipinski definition) is 3. The highest BCUT2D eigenvalue weighted by atomic mass is 19.4. The highest BCUT2D eigenvalue weighted by Gasteiger charge is 2.39. The molecule has 0 spiro atoms. The SMILES string of the molecule is O=Cc1ccc(N2C3CCC2COC3)cc1C(F)(F)F. The molecule has 0 N–H and O–H groups in total. The number of halogens is 3. The van der Waals surface area contributed by atoms with Crippen molar-refractivity contribution in [1.82, 2.24) is 0 Å². The molecule has 3 rings (SSSR count). The largest absolute Gasteiger partial charge is 0.417 e. The molecular formula is C14H14F3NO2. The molecule has 2 heterocycles. The van der Waals surface area contributed by atoms with Gasteiger partial charge in [-0.2, -0.15) is 13.2 Å². The fraction of sp³-hybridized carbons (Fsp3) is 0.500. The molecule has 2 fully saturated rings. The van der Waals surface area contributed by atoms with Crippen LogP contribution in [-0.4, -0.2) is 31.6 Å². The molecule has 3 nitrogen and oxygen atoms in total. The van der Waals surface area contributed by atoms with Gasteiger partial charge in [0.05, 0.1) is 30.9 Å². The molecule has 2 unspecified atom stereocenters. The van der Waals surface area contributed by atoms with E-state index in [1.54, 1.807) is 6.07 Å². The Labute approximate surface area is 114 Å². The van der Waals surface area contributed by atoms with Gasteiger partial charge < -0.3 is 9.64 Å². The quantitative estimate of drug-likeness (QED) is 0.783. The number of anilines is 1. The van der Waals surface area contributed by atoms with Crippen molar-refractivity contribution in [3.05, 3.63) is 29.3 Å². The van der Waals surface area contributed by atoms with E-state index in [4.69, 9.17) is 4.74 Å². The fourth-order valence-electron chi connectivity index (χ4n) is 3.10. The summed E-state index contributed by atoms with van der Waals surface area (Å²) in [7, 11) is 0. The van der Waals surface area contributed by atoms with Crippen LogP contribution in [0.4, 0.5) is 18.9 Å². The predicted octanol–water partition coefficient (Wildman–Crippen LogP) is 2.89. The highest BCUT2D eigenvalue weighted by molar-refractivity contribution is 5.79. The molecule has 2 bridgehead atoms. The van der Waals surface area contributed by atoms with E-state index in [-0.39, 0.29) is 23.9 Å². The monoisotopic (exact) mass is 285 g/mol. The summed E-state index contributed by atoms with van der Waals surface area (Å²) in [5, 5.41) is 0. The topological polar surface area (TPSA) is 29.5 Å². The van der Waals surface area contributed by atoms with Crippen molar-refractivity contribution in [1.29, 1.82) is 0 Å². The van der Waals surface area contributed by atoms with E-state index in [1.165, 1.54) is 6.07 Å². The number of hydrogen-bond donors (Lipinski definition) is 0. The lowest BCUT2D eigenvalue weighted by Gasteiger charge is -2.37. The summed E-state index contributed by atoms with van der Waals surface area (Å²) in [6.45, 7) is 1.10. The zero-order chi connectivity index (χ0) is 14.3. The number of nitrogens with zero attached hydrogens (tertiary/aromatic N) is 1. The molecular weight excluding hydrogens is 271 g/mol. The number of ether oxygens (including phenoxy) is 1. The van der Waals surface area contributed by atoms with Gasteiger partial charge in [-0.1, -0.05) is 0 Å². The molecule has 0 saturated carbocycles. The second-order valence-corrected chi connectivity index (χ2v) is 5.22. The summed E-state index contributed by atoms with van der Waals surface area (Å²) in [6.07, 6.45) is -2.40. The number of carbonyl (C=O) groups excluding carboxylic acids is 1. The van der Waals surface area contributed by atoms with Gasteiger partial charge in [0, 0.05) is 11.3 Å². The van der Waals surface area contributed by atoms with Crippen LogP contribution >= 0.6 is 0 Å². The van der Waals surface area contributed by atoms with Crippen molar-refractivity contribution in [2.24, 2.45) is 0 Å². The molecule has 0 aliphatic carbocycles. The van der Waals surface area contributed by atoms with Crippen LogP contribution in [-0.2, 0) is 10.9 Å². The maximum atomic E-state index is 13.0. The van der Waals surface area contributed by atoms with Crippen LogP contribution in [0.15, 0.2) is 18.2 Å². The Morgan fingerprint density at radius 3 is 2.40 bits per heavy atom. The third kappa shape index (κ3) is 2.18. The molecule has 1 aromatic rings. The van der Waals surface area contributed by atoms with Crippen molar-refractivity contribution < 1.29 is 22.7 Å². The molecule has 0 amide bonds. The van der Waals surface area contributed by atoms with Crippen molar-refractivity contribution >= 4 is 12.0 Å². The van der Waals surface area contributed by atoms with Crippen LogP contribution < -0.4 is 4.90 Å². The molecule has 2 aliphatic heterocycles. The fourth-order valence-corrected chi connectivity index (χ4v) is 3.10. The van der Waals surface area contributed by atoms with Crippen LogP contribution in [0.3, 0.4) is 0 Å². The van der Waals surface area contributed by atoms with E-state index < -0.39 is 11.7 Å². The Kier molecular flexibility index (Phi) is 3.20. The zero-order valence-electron chi connectivity index (χ0n) is 10.7. The third-order valence-corrected chi connectivity index (χ3v) is 4.01. The number of alkyl halides is 3. The average Bonchev–Trinajstić information content (AvgIpc) is 2.66. The van der Waals surface area contributed by atoms with Crippen molar-refractivity contribution in [3.8, 4) is 0 Å². The maximum absolute atomic E-state index is 13.0. The molecule has 2 aliphatic rings. The average molecular weight is 285 g/mol. The number of morpholine rings is 1. The lowest BCUT2D eigenvalue weighted by Crippen LogP contribution is -2.46. The molecule has 2 saturated heterocycles. The van der Waals surface area contributed by atoms with Gasteiger partial charge in [-0.05, 0) is 31.0 Å². The summed E-state index contributed by atoms with van der Waals surface area (Å²) in [5.41, 5.74) is -0.656. The number of benzene rings is 1. The summed E-state index contributed by atoms with van der Waals surface area (Å²) >= 11 is 0. The first kappa shape index (κ1) is 13.4. The summed E-state index contributed by atoms with van der Waals surface area (Å²) in [5.74, 6) is 0. The summed E-state index contributed by atoms with van der Waals surface area (Å²) in [4.78, 5) is 12.8. The minimum absolute atomic E-state index is 0.136. The minimum Gasteiger partial charge on any atom is -0.377 e. The maximum Gasteiger partial charge on any atom is 0.417 e. The van der Waals surface area contributed by atoms with E-state index >= 15 is 0 Å². The van der Waals surface area contributed by atoms with Gasteiger partial charge in [0.15, 0.2) is 6.29 Å². The second-order valence-electron chi connectivity index (χ2n) is 5.22. The van der Waals surface area contributed by atoms with Crippen molar-refractivity contribution in [2.45, 2.75) is 31.1 Å². The predicted molar refractivity (Wildman–Crippen MR) is 66.9 cm³/mol. The molecule has 2 atom stereocenters. The number of carbonyl (C=O) groups is 1. The van der Waals surface area contributed by atoms with Crippen LogP contribution in [0.5, 0.6) is 0 Å². The van der Waals surface area contributed by atoms with Gasteiger partial charge in [-0.25, -0.2) is 0 Å². The molecule has 1 aromatic carbocycles. The zero-order valence-corrected chi connectivity index (χ0v) is 10.7. The smallest absolute Gasteiger partial charge is 0.377 e. The summed E-state index contributed by atoms with van der Waals surface area (Å²) in [6, 6.07) is 4.20. The van der Waals surface area contributed by atoms with Crippen LogP contribution in [0.1, 0.15) is 28.8 Å².